The summed E-state index contributed by atoms with van der Waals surface area (Å²) in [5.41, 5.74) is 2.66. The van der Waals surface area contributed by atoms with Gasteiger partial charge in [-0.15, -0.1) is 0 Å². The lowest BCUT2D eigenvalue weighted by Gasteiger charge is -1.94. The number of rotatable bonds is 2. The molecule has 0 aliphatic rings. The van der Waals surface area contributed by atoms with Crippen LogP contribution in [0.2, 0.25) is 0 Å². The highest BCUT2D eigenvalue weighted by Crippen LogP contribution is 2.06. The fraction of sp³-hybridized carbons (Fsp3) is 0.500. The monoisotopic (exact) mass is 165 g/mol. The van der Waals surface area contributed by atoms with Crippen molar-refractivity contribution >= 4 is 0 Å². The average Bonchev–Trinajstić information content (AvgIpc) is 2.23. The molecule has 0 spiro atoms. The molecular formula is C10H17N2+. The number of hydrogen-bond donors (Lipinski definition) is 0. The molecule has 0 atom stereocenters. The van der Waals surface area contributed by atoms with Crippen LogP contribution in [-0.4, -0.2) is 4.57 Å². The summed E-state index contributed by atoms with van der Waals surface area (Å²) in [5, 5.41) is 0. The van der Waals surface area contributed by atoms with Crippen molar-refractivity contribution in [2.75, 3.05) is 0 Å². The molecule has 0 unspecified atom stereocenters. The Morgan fingerprint density at radius 1 is 1.42 bits per heavy atom. The second-order valence-corrected chi connectivity index (χ2v) is 3.18. The van der Waals surface area contributed by atoms with E-state index in [1.54, 1.807) is 0 Å². The molecule has 0 saturated heterocycles. The SMILES string of the molecule is C=CCn1c(C)c(C)[n+](C)c1C. The van der Waals surface area contributed by atoms with Crippen molar-refractivity contribution in [3.05, 3.63) is 29.9 Å². The van der Waals surface area contributed by atoms with E-state index in [1.165, 1.54) is 17.2 Å². The van der Waals surface area contributed by atoms with Crippen LogP contribution in [0.5, 0.6) is 0 Å². The lowest BCUT2D eigenvalue weighted by molar-refractivity contribution is -0.683. The van der Waals surface area contributed by atoms with Gasteiger partial charge in [0.2, 0.25) is 0 Å². The van der Waals surface area contributed by atoms with Crippen LogP contribution in [0.4, 0.5) is 0 Å². The van der Waals surface area contributed by atoms with Gasteiger partial charge in [0.1, 0.15) is 17.9 Å². The van der Waals surface area contributed by atoms with Gasteiger partial charge in [-0.1, -0.05) is 12.7 Å². The predicted molar refractivity (Wildman–Crippen MR) is 50.0 cm³/mol. The summed E-state index contributed by atoms with van der Waals surface area (Å²) in [6.07, 6.45) is 1.93. The van der Waals surface area contributed by atoms with E-state index in [0.717, 1.165) is 6.54 Å². The van der Waals surface area contributed by atoms with Crippen molar-refractivity contribution in [3.8, 4) is 0 Å². The van der Waals surface area contributed by atoms with Crippen molar-refractivity contribution in [2.24, 2.45) is 7.05 Å². The van der Waals surface area contributed by atoms with Crippen LogP contribution in [0, 0.1) is 20.8 Å². The molecule has 1 aromatic rings. The molecule has 1 rings (SSSR count). The smallest absolute Gasteiger partial charge is 0.234 e. The Morgan fingerprint density at radius 3 is 2.33 bits per heavy atom. The van der Waals surface area contributed by atoms with Gasteiger partial charge in [-0.05, 0) is 0 Å². The summed E-state index contributed by atoms with van der Waals surface area (Å²) in [6, 6.07) is 0. The topological polar surface area (TPSA) is 8.81 Å². The molecule has 2 nitrogen and oxygen atoms in total. The number of aromatic nitrogens is 2. The van der Waals surface area contributed by atoms with Gasteiger partial charge in [0.05, 0.1) is 7.05 Å². The van der Waals surface area contributed by atoms with E-state index in [2.05, 4.69) is 43.5 Å². The first-order valence-electron chi connectivity index (χ1n) is 4.22. The largest absolute Gasteiger partial charge is 0.253 e. The molecule has 1 heterocycles. The summed E-state index contributed by atoms with van der Waals surface area (Å²) in [4.78, 5) is 0. The van der Waals surface area contributed by atoms with Crippen molar-refractivity contribution in [2.45, 2.75) is 27.3 Å². The van der Waals surface area contributed by atoms with Crippen molar-refractivity contribution in [3.63, 3.8) is 0 Å². The molecule has 0 aromatic carbocycles. The fourth-order valence-electron chi connectivity index (χ4n) is 1.50. The van der Waals surface area contributed by atoms with Crippen LogP contribution < -0.4 is 4.57 Å². The Balaban J connectivity index is 3.27. The molecule has 0 bridgehead atoms. The van der Waals surface area contributed by atoms with E-state index in [-0.39, 0.29) is 0 Å². The molecule has 0 radical (unpaired) electrons. The van der Waals surface area contributed by atoms with E-state index >= 15 is 0 Å². The van der Waals surface area contributed by atoms with Gasteiger partial charge in [0.15, 0.2) is 0 Å². The highest BCUT2D eigenvalue weighted by atomic mass is 15.2. The number of imidazole rings is 1. The summed E-state index contributed by atoms with van der Waals surface area (Å²) >= 11 is 0. The number of allylic oxidation sites excluding steroid dienone is 1. The zero-order valence-corrected chi connectivity index (χ0v) is 8.39. The molecule has 0 saturated carbocycles. The predicted octanol–water partition coefficient (Wildman–Crippen LogP) is 1.42. The molecule has 0 amide bonds. The van der Waals surface area contributed by atoms with Crippen LogP contribution in [0.3, 0.4) is 0 Å². The Kier molecular flexibility index (Phi) is 2.36. The maximum Gasteiger partial charge on any atom is 0.253 e. The van der Waals surface area contributed by atoms with E-state index in [1.807, 2.05) is 6.08 Å². The van der Waals surface area contributed by atoms with Gasteiger partial charge in [0, 0.05) is 20.8 Å². The summed E-state index contributed by atoms with van der Waals surface area (Å²) in [5.74, 6) is 1.28. The van der Waals surface area contributed by atoms with Gasteiger partial charge in [0.25, 0.3) is 5.82 Å². The molecule has 0 aliphatic heterocycles. The molecule has 0 fully saturated rings. The Hall–Kier alpha value is -1.05. The summed E-state index contributed by atoms with van der Waals surface area (Å²) in [7, 11) is 2.09. The molecule has 0 aliphatic carbocycles. The van der Waals surface area contributed by atoms with Crippen LogP contribution in [0.25, 0.3) is 0 Å². The molecular weight excluding hydrogens is 148 g/mol. The minimum atomic E-state index is 0.902. The molecule has 2 heteroatoms. The lowest BCUT2D eigenvalue weighted by atomic mass is 10.4. The first kappa shape index (κ1) is 9.04. The maximum atomic E-state index is 3.75. The van der Waals surface area contributed by atoms with Gasteiger partial charge in [-0.25, -0.2) is 9.13 Å². The first-order chi connectivity index (χ1) is 5.59. The normalized spacial score (nSPS) is 10.3. The maximum absolute atomic E-state index is 3.75. The second-order valence-electron chi connectivity index (χ2n) is 3.18. The Labute approximate surface area is 74.1 Å². The van der Waals surface area contributed by atoms with Gasteiger partial charge in [-0.2, -0.15) is 0 Å². The minimum absolute atomic E-state index is 0.902. The second kappa shape index (κ2) is 3.13. The van der Waals surface area contributed by atoms with Crippen LogP contribution in [-0.2, 0) is 13.6 Å². The standard InChI is InChI=1S/C10H17N2/c1-6-7-12-9(3)8(2)11(5)10(12)4/h6H,1,7H2,2-5H3/q+1. The minimum Gasteiger partial charge on any atom is -0.234 e. The molecule has 0 N–H and O–H groups in total. The van der Waals surface area contributed by atoms with E-state index in [9.17, 15) is 0 Å². The van der Waals surface area contributed by atoms with Crippen molar-refractivity contribution in [1.82, 2.24) is 4.57 Å². The fourth-order valence-corrected chi connectivity index (χ4v) is 1.50. The number of hydrogen-bond acceptors (Lipinski definition) is 0. The Bertz CT molecular complexity index is 283. The third kappa shape index (κ3) is 1.17. The highest BCUT2D eigenvalue weighted by Gasteiger charge is 2.17. The van der Waals surface area contributed by atoms with Crippen LogP contribution >= 0.6 is 0 Å². The lowest BCUT2D eigenvalue weighted by Crippen LogP contribution is -2.33. The summed E-state index contributed by atoms with van der Waals surface area (Å²) < 4.78 is 4.47. The third-order valence-electron chi connectivity index (χ3n) is 2.62. The third-order valence-corrected chi connectivity index (χ3v) is 2.62. The van der Waals surface area contributed by atoms with Gasteiger partial charge in [-0.3, -0.25) is 0 Å². The number of nitrogens with zero attached hydrogens (tertiary/aromatic N) is 2. The summed E-state index contributed by atoms with van der Waals surface area (Å²) in [6.45, 7) is 11.1. The molecule has 66 valence electrons. The van der Waals surface area contributed by atoms with Gasteiger partial charge < -0.3 is 0 Å². The highest BCUT2D eigenvalue weighted by molar-refractivity contribution is 5.07. The van der Waals surface area contributed by atoms with E-state index in [0.29, 0.717) is 0 Å². The zero-order chi connectivity index (χ0) is 9.30. The molecule has 1 aromatic heterocycles. The Morgan fingerprint density at radius 2 is 2.00 bits per heavy atom. The van der Waals surface area contributed by atoms with E-state index < -0.39 is 0 Å². The molecule has 12 heavy (non-hydrogen) atoms. The van der Waals surface area contributed by atoms with Crippen molar-refractivity contribution in [1.29, 1.82) is 0 Å². The van der Waals surface area contributed by atoms with E-state index in [4.69, 9.17) is 0 Å². The van der Waals surface area contributed by atoms with Crippen molar-refractivity contribution < 1.29 is 4.57 Å². The van der Waals surface area contributed by atoms with Crippen LogP contribution in [0.1, 0.15) is 17.2 Å². The van der Waals surface area contributed by atoms with Gasteiger partial charge >= 0.3 is 0 Å². The first-order valence-corrected chi connectivity index (χ1v) is 4.22. The average molecular weight is 165 g/mol. The zero-order valence-electron chi connectivity index (χ0n) is 8.39. The van der Waals surface area contributed by atoms with Crippen LogP contribution in [0.15, 0.2) is 12.7 Å². The quantitative estimate of drug-likeness (QED) is 0.463.